The van der Waals surface area contributed by atoms with E-state index >= 15 is 0 Å². The highest BCUT2D eigenvalue weighted by Crippen LogP contribution is 2.20. The van der Waals surface area contributed by atoms with Crippen molar-refractivity contribution in [2.24, 2.45) is 11.0 Å². The van der Waals surface area contributed by atoms with E-state index in [2.05, 4.69) is 21.0 Å². The van der Waals surface area contributed by atoms with Gasteiger partial charge in [-0.1, -0.05) is 15.9 Å². The van der Waals surface area contributed by atoms with E-state index in [4.69, 9.17) is 22.8 Å². The van der Waals surface area contributed by atoms with Crippen LogP contribution in [0.1, 0.15) is 6.42 Å². The Morgan fingerprint density at radius 3 is 2.50 bits per heavy atom. The van der Waals surface area contributed by atoms with Gasteiger partial charge in [-0.15, -0.1) is 0 Å². The van der Waals surface area contributed by atoms with Crippen molar-refractivity contribution in [3.05, 3.63) is 0 Å². The number of nitrogens with zero attached hydrogens (tertiary/aromatic N) is 1. The maximum atomic E-state index is 11.4. The number of alkyl halides is 1. The molecule has 0 saturated carbocycles. The maximum absolute atomic E-state index is 11.4. The predicted molar refractivity (Wildman–Crippen MR) is 66.7 cm³/mol. The van der Waals surface area contributed by atoms with Crippen LogP contribution < -0.4 is 16.1 Å². The molecular formula is C6H16BrN4OPS. The lowest BCUT2D eigenvalue weighted by Gasteiger charge is -2.17. The Balaban J connectivity index is 3.95. The summed E-state index contributed by atoms with van der Waals surface area (Å²) in [6.45, 7) is -1.83. The van der Waals surface area contributed by atoms with Gasteiger partial charge < -0.3 is 9.99 Å². The van der Waals surface area contributed by atoms with Crippen molar-refractivity contribution in [2.75, 3.05) is 20.6 Å². The van der Waals surface area contributed by atoms with Crippen LogP contribution in [0.5, 0.6) is 0 Å². The first-order valence-electron chi connectivity index (χ1n) is 4.00. The van der Waals surface area contributed by atoms with Crippen molar-refractivity contribution in [1.29, 1.82) is 0 Å². The second-order valence-electron chi connectivity index (χ2n) is 3.24. The summed E-state index contributed by atoms with van der Waals surface area (Å²) >= 11 is 7.97. The zero-order valence-electron chi connectivity index (χ0n) is 8.24. The fourth-order valence-electron chi connectivity index (χ4n) is 0.745. The van der Waals surface area contributed by atoms with Crippen LogP contribution in [0.4, 0.5) is 0 Å². The lowest BCUT2D eigenvalue weighted by atomic mass is 10.3. The summed E-state index contributed by atoms with van der Waals surface area (Å²) in [6, 6.07) is 0. The molecule has 0 bridgehead atoms. The Bertz CT molecular complexity index is 244. The highest BCUT2D eigenvalue weighted by atomic mass is 79.9. The van der Waals surface area contributed by atoms with Gasteiger partial charge in [-0.2, -0.15) is 0 Å². The molecule has 0 aliphatic heterocycles. The fourth-order valence-corrected chi connectivity index (χ4v) is 2.01. The first-order valence-corrected chi connectivity index (χ1v) is 7.86. The highest BCUT2D eigenvalue weighted by Gasteiger charge is 2.17. The summed E-state index contributed by atoms with van der Waals surface area (Å²) in [5, 5.41) is 2.42. The van der Waals surface area contributed by atoms with Crippen molar-refractivity contribution in [1.82, 2.24) is 9.99 Å². The van der Waals surface area contributed by atoms with Crippen molar-refractivity contribution in [3.63, 3.8) is 0 Å². The van der Waals surface area contributed by atoms with Gasteiger partial charge in [-0.05, 0) is 38.9 Å². The lowest BCUT2D eigenvalue weighted by molar-refractivity contribution is -0.118. The van der Waals surface area contributed by atoms with Gasteiger partial charge in [0.05, 0.1) is 4.83 Å². The van der Waals surface area contributed by atoms with Crippen LogP contribution in [-0.4, -0.2) is 36.3 Å². The molecule has 1 atom stereocenters. The summed E-state index contributed by atoms with van der Waals surface area (Å²) < 4.78 is 0. The molecule has 0 heterocycles. The number of nitrogens with two attached hydrogens (primary N) is 2. The molecule has 5 nitrogen and oxygen atoms in total. The SMILES string of the molecule is CN(C)CCC(Br)C(=O)NP(N)(N)=S. The van der Waals surface area contributed by atoms with Gasteiger partial charge in [0.25, 0.3) is 0 Å². The summed E-state index contributed by atoms with van der Waals surface area (Å²) in [7, 11) is 3.88. The average Bonchev–Trinajstić information content (AvgIpc) is 1.96. The maximum Gasteiger partial charge on any atom is 0.239 e. The van der Waals surface area contributed by atoms with Crippen molar-refractivity contribution in [3.8, 4) is 0 Å². The Hall–Kier alpha value is 0.480. The van der Waals surface area contributed by atoms with E-state index in [9.17, 15) is 4.79 Å². The molecule has 0 aromatic rings. The molecule has 1 unspecified atom stereocenters. The van der Waals surface area contributed by atoms with Gasteiger partial charge in [-0.25, -0.2) is 0 Å². The first kappa shape index (κ1) is 14.5. The van der Waals surface area contributed by atoms with E-state index in [0.717, 1.165) is 6.54 Å². The van der Waals surface area contributed by atoms with Crippen LogP contribution in [0, 0.1) is 0 Å². The summed E-state index contributed by atoms with van der Waals surface area (Å²) in [5.74, 6) is -0.236. The molecule has 1 amide bonds. The smallest absolute Gasteiger partial charge is 0.239 e. The average molecular weight is 303 g/mol. The van der Waals surface area contributed by atoms with Crippen molar-refractivity contribution in [2.45, 2.75) is 11.2 Å². The van der Waals surface area contributed by atoms with Crippen molar-refractivity contribution >= 4 is 40.1 Å². The number of carbonyl (C=O) groups excluding carboxylic acids is 1. The topological polar surface area (TPSA) is 84.4 Å². The molecule has 0 fully saturated rings. The molecule has 5 N–H and O–H groups in total. The van der Waals surface area contributed by atoms with E-state index in [1.807, 2.05) is 19.0 Å². The number of nitrogens with one attached hydrogen (secondary N) is 1. The Morgan fingerprint density at radius 2 is 2.14 bits per heavy atom. The van der Waals surface area contributed by atoms with Crippen LogP contribution in [0.15, 0.2) is 0 Å². The molecule has 14 heavy (non-hydrogen) atoms. The zero-order valence-corrected chi connectivity index (χ0v) is 11.5. The van der Waals surface area contributed by atoms with Gasteiger partial charge in [0.1, 0.15) is 0 Å². The Kier molecular flexibility index (Phi) is 6.36. The van der Waals surface area contributed by atoms with Gasteiger partial charge in [-0.3, -0.25) is 15.8 Å². The Morgan fingerprint density at radius 1 is 1.64 bits per heavy atom. The fraction of sp³-hybridized carbons (Fsp3) is 0.833. The normalized spacial score (nSPS) is 14.1. The molecule has 0 aromatic carbocycles. The van der Waals surface area contributed by atoms with Gasteiger partial charge in [0, 0.05) is 0 Å². The number of hydrogen-bond donors (Lipinski definition) is 3. The zero-order chi connectivity index (χ0) is 11.4. The van der Waals surface area contributed by atoms with E-state index in [-0.39, 0.29) is 10.7 Å². The molecule has 0 spiro atoms. The molecule has 8 heteroatoms. The molecule has 0 rings (SSSR count). The minimum atomic E-state index is -2.63. The van der Waals surface area contributed by atoms with E-state index < -0.39 is 6.49 Å². The molecule has 0 saturated heterocycles. The lowest BCUT2D eigenvalue weighted by Crippen LogP contribution is -2.35. The number of rotatable bonds is 5. The van der Waals surface area contributed by atoms with E-state index in [0.29, 0.717) is 6.42 Å². The molecule has 0 radical (unpaired) electrons. The molecule has 0 aromatic heterocycles. The highest BCUT2D eigenvalue weighted by molar-refractivity contribution is 9.10. The largest absolute Gasteiger partial charge is 0.309 e. The third kappa shape index (κ3) is 7.84. The van der Waals surface area contributed by atoms with Crippen LogP contribution >= 0.6 is 22.4 Å². The standard InChI is InChI=1S/C6H16BrN4OPS/c1-11(2)4-3-5(7)6(12)10-13(8,9)14/h5H,3-4H2,1-2H3,(H5,8,9,10,12,14). The minimum Gasteiger partial charge on any atom is -0.309 e. The second kappa shape index (κ2) is 6.15. The van der Waals surface area contributed by atoms with Gasteiger partial charge in [0.2, 0.25) is 5.91 Å². The number of hydrogen-bond acceptors (Lipinski definition) is 3. The monoisotopic (exact) mass is 302 g/mol. The van der Waals surface area contributed by atoms with E-state index in [1.54, 1.807) is 0 Å². The van der Waals surface area contributed by atoms with Crippen molar-refractivity contribution < 1.29 is 4.79 Å². The Labute approximate surface area is 97.9 Å². The predicted octanol–water partition coefficient (Wildman–Crippen LogP) is -0.0403. The number of carbonyl (C=O) groups is 1. The quantitative estimate of drug-likeness (QED) is 0.490. The summed E-state index contributed by atoms with van der Waals surface area (Å²) in [6.07, 6.45) is 0.689. The third-order valence-corrected chi connectivity index (χ3v) is 3.12. The number of amides is 1. The molecule has 0 aliphatic carbocycles. The molecular weight excluding hydrogens is 287 g/mol. The minimum absolute atomic E-state index is 0.236. The number of halogens is 1. The van der Waals surface area contributed by atoms with Gasteiger partial charge in [0.15, 0.2) is 6.49 Å². The van der Waals surface area contributed by atoms with Crippen LogP contribution in [0.25, 0.3) is 0 Å². The summed E-state index contributed by atoms with van der Waals surface area (Å²) in [5.41, 5.74) is 10.7. The first-order chi connectivity index (χ1) is 6.22. The van der Waals surface area contributed by atoms with Crippen LogP contribution in [0.2, 0.25) is 0 Å². The van der Waals surface area contributed by atoms with Crippen LogP contribution in [-0.2, 0) is 16.6 Å². The van der Waals surface area contributed by atoms with Crippen LogP contribution in [0.3, 0.4) is 0 Å². The van der Waals surface area contributed by atoms with E-state index in [1.165, 1.54) is 0 Å². The molecule has 0 aliphatic rings. The second-order valence-corrected chi connectivity index (χ2v) is 7.81. The third-order valence-electron chi connectivity index (χ3n) is 1.40. The molecule has 84 valence electrons. The van der Waals surface area contributed by atoms with Gasteiger partial charge >= 0.3 is 0 Å². The summed E-state index contributed by atoms with van der Waals surface area (Å²) in [4.78, 5) is 13.1.